The van der Waals surface area contributed by atoms with Crippen LogP contribution in [0.15, 0.2) is 12.2 Å². The van der Waals surface area contributed by atoms with Crippen LogP contribution in [0.25, 0.3) is 0 Å². The number of methoxy groups -OCH3 is 1. The molecule has 0 saturated heterocycles. The number of aliphatic hydroxyl groups is 1. The van der Waals surface area contributed by atoms with Gasteiger partial charge in [0.05, 0.1) is 7.11 Å². The quantitative estimate of drug-likeness (QED) is 0.381. The molecule has 0 bridgehead atoms. The van der Waals surface area contributed by atoms with Crippen LogP contribution in [0, 0.1) is 0 Å². The molecule has 1 N–H and O–H groups in total. The van der Waals surface area contributed by atoms with E-state index in [0.717, 1.165) is 12.2 Å². The summed E-state index contributed by atoms with van der Waals surface area (Å²) < 4.78 is 8.65. The van der Waals surface area contributed by atoms with Gasteiger partial charge in [0.25, 0.3) is 0 Å². The molecular formula is C8H12O5. The molecule has 0 spiro atoms. The number of ether oxygens (including phenoxy) is 2. The fourth-order valence-corrected chi connectivity index (χ4v) is 0.461. The van der Waals surface area contributed by atoms with E-state index in [4.69, 9.17) is 5.11 Å². The Morgan fingerprint density at radius 1 is 1.38 bits per heavy atom. The highest BCUT2D eigenvalue weighted by molar-refractivity contribution is 5.91. The second-order valence-electron chi connectivity index (χ2n) is 2.16. The van der Waals surface area contributed by atoms with E-state index in [1.165, 1.54) is 7.11 Å². The van der Waals surface area contributed by atoms with E-state index < -0.39 is 18.2 Å². The summed E-state index contributed by atoms with van der Waals surface area (Å²) in [7, 11) is 1.19. The molecule has 0 radical (unpaired) electrons. The Bertz CT molecular complexity index is 209. The molecule has 0 aliphatic heterocycles. The standard InChI is InChI=1S/C8H12O5/c1-3-6(9)13-8(11)5-4-7(10)12-2/h4-6,9H,3H2,1-2H3. The molecule has 5 nitrogen and oxygen atoms in total. The topological polar surface area (TPSA) is 72.8 Å². The van der Waals surface area contributed by atoms with Crippen LogP contribution in [0.4, 0.5) is 0 Å². The lowest BCUT2D eigenvalue weighted by atomic mass is 10.4. The van der Waals surface area contributed by atoms with Crippen LogP contribution in [0.3, 0.4) is 0 Å². The Kier molecular flexibility index (Phi) is 5.54. The summed E-state index contributed by atoms with van der Waals surface area (Å²) in [5.74, 6) is -1.43. The zero-order chi connectivity index (χ0) is 10.3. The SMILES string of the molecule is CCC(O)OC(=O)C=CC(=O)OC. The Balaban J connectivity index is 3.87. The number of hydrogen-bond donors (Lipinski definition) is 1. The van der Waals surface area contributed by atoms with Gasteiger partial charge in [-0.15, -0.1) is 0 Å². The van der Waals surface area contributed by atoms with Crippen molar-refractivity contribution < 1.29 is 24.2 Å². The van der Waals surface area contributed by atoms with Gasteiger partial charge >= 0.3 is 11.9 Å². The first-order valence-corrected chi connectivity index (χ1v) is 3.74. The van der Waals surface area contributed by atoms with Gasteiger partial charge in [0.2, 0.25) is 6.29 Å². The monoisotopic (exact) mass is 188 g/mol. The maximum atomic E-state index is 10.8. The van der Waals surface area contributed by atoms with Gasteiger partial charge in [0.15, 0.2) is 0 Å². The molecule has 1 atom stereocenters. The van der Waals surface area contributed by atoms with Gasteiger partial charge in [-0.1, -0.05) is 6.92 Å². The first-order chi connectivity index (χ1) is 6.10. The van der Waals surface area contributed by atoms with Crippen LogP contribution >= 0.6 is 0 Å². The van der Waals surface area contributed by atoms with Gasteiger partial charge in [0, 0.05) is 18.6 Å². The molecule has 5 heteroatoms. The van der Waals surface area contributed by atoms with E-state index in [0.29, 0.717) is 6.42 Å². The van der Waals surface area contributed by atoms with Crippen molar-refractivity contribution in [3.63, 3.8) is 0 Å². The van der Waals surface area contributed by atoms with Crippen LogP contribution in [-0.2, 0) is 19.1 Å². The van der Waals surface area contributed by atoms with Crippen molar-refractivity contribution in [1.82, 2.24) is 0 Å². The fourth-order valence-electron chi connectivity index (χ4n) is 0.461. The fraction of sp³-hybridized carbons (Fsp3) is 0.500. The molecule has 0 amide bonds. The van der Waals surface area contributed by atoms with Crippen molar-refractivity contribution in [2.45, 2.75) is 19.6 Å². The summed E-state index contributed by atoms with van der Waals surface area (Å²) in [4.78, 5) is 21.2. The minimum atomic E-state index is -1.13. The molecule has 0 fully saturated rings. The Labute approximate surface area is 75.9 Å². The van der Waals surface area contributed by atoms with E-state index in [9.17, 15) is 9.59 Å². The first kappa shape index (κ1) is 11.6. The summed E-state index contributed by atoms with van der Waals surface area (Å²) in [5, 5.41) is 8.86. The normalized spacial score (nSPS) is 12.5. The summed E-state index contributed by atoms with van der Waals surface area (Å²) in [6, 6.07) is 0. The van der Waals surface area contributed by atoms with Crippen LogP contribution < -0.4 is 0 Å². The lowest BCUT2D eigenvalue weighted by molar-refractivity contribution is -0.162. The van der Waals surface area contributed by atoms with Crippen molar-refractivity contribution in [2.75, 3.05) is 7.11 Å². The molecule has 0 aromatic heterocycles. The van der Waals surface area contributed by atoms with E-state index in [2.05, 4.69) is 9.47 Å². The van der Waals surface area contributed by atoms with Crippen LogP contribution in [0.5, 0.6) is 0 Å². The molecule has 0 saturated carbocycles. The van der Waals surface area contributed by atoms with E-state index in [1.807, 2.05) is 0 Å². The molecule has 0 aromatic carbocycles. The molecule has 0 rings (SSSR count). The predicted molar refractivity (Wildman–Crippen MR) is 43.5 cm³/mol. The number of carbonyl (C=O) groups is 2. The van der Waals surface area contributed by atoms with Gasteiger partial charge in [0.1, 0.15) is 0 Å². The number of hydrogen-bond acceptors (Lipinski definition) is 5. The van der Waals surface area contributed by atoms with Crippen LogP contribution in [-0.4, -0.2) is 30.4 Å². The summed E-state index contributed by atoms with van der Waals surface area (Å²) in [6.07, 6.45) is 0.988. The van der Waals surface area contributed by atoms with Crippen molar-refractivity contribution in [1.29, 1.82) is 0 Å². The highest BCUT2D eigenvalue weighted by atomic mass is 16.6. The molecule has 1 unspecified atom stereocenters. The molecule has 0 aliphatic rings. The van der Waals surface area contributed by atoms with Crippen molar-refractivity contribution >= 4 is 11.9 Å². The lowest BCUT2D eigenvalue weighted by Gasteiger charge is -2.06. The zero-order valence-electron chi connectivity index (χ0n) is 7.52. The Morgan fingerprint density at radius 3 is 2.38 bits per heavy atom. The smallest absolute Gasteiger partial charge is 0.333 e. The minimum absolute atomic E-state index is 0.303. The maximum Gasteiger partial charge on any atom is 0.333 e. The summed E-state index contributed by atoms with van der Waals surface area (Å²) in [6.45, 7) is 1.65. The number of esters is 2. The average molecular weight is 188 g/mol. The number of carbonyl (C=O) groups excluding carboxylic acids is 2. The van der Waals surface area contributed by atoms with Gasteiger partial charge in [-0.3, -0.25) is 0 Å². The largest absolute Gasteiger partial charge is 0.466 e. The summed E-state index contributed by atoms with van der Waals surface area (Å²) in [5.41, 5.74) is 0. The molecule has 0 aliphatic carbocycles. The van der Waals surface area contributed by atoms with E-state index >= 15 is 0 Å². The molecular weight excluding hydrogens is 176 g/mol. The Morgan fingerprint density at radius 2 is 1.92 bits per heavy atom. The maximum absolute atomic E-state index is 10.8. The summed E-state index contributed by atoms with van der Waals surface area (Å²) >= 11 is 0. The third-order valence-corrected chi connectivity index (χ3v) is 1.16. The number of aliphatic hydroxyl groups excluding tert-OH is 1. The van der Waals surface area contributed by atoms with Gasteiger partial charge in [-0.25, -0.2) is 9.59 Å². The molecule has 0 heterocycles. The van der Waals surface area contributed by atoms with Crippen LogP contribution in [0.2, 0.25) is 0 Å². The predicted octanol–water partition coefficient (Wildman–Crippen LogP) is -0.0128. The molecule has 13 heavy (non-hydrogen) atoms. The van der Waals surface area contributed by atoms with Gasteiger partial charge in [-0.05, 0) is 0 Å². The van der Waals surface area contributed by atoms with Crippen LogP contribution in [0.1, 0.15) is 13.3 Å². The van der Waals surface area contributed by atoms with Gasteiger partial charge < -0.3 is 14.6 Å². The van der Waals surface area contributed by atoms with E-state index in [-0.39, 0.29) is 0 Å². The third-order valence-electron chi connectivity index (χ3n) is 1.16. The van der Waals surface area contributed by atoms with Gasteiger partial charge in [-0.2, -0.15) is 0 Å². The molecule has 0 aromatic rings. The van der Waals surface area contributed by atoms with E-state index in [1.54, 1.807) is 6.92 Å². The zero-order valence-corrected chi connectivity index (χ0v) is 7.52. The second kappa shape index (κ2) is 6.19. The minimum Gasteiger partial charge on any atom is -0.466 e. The van der Waals surface area contributed by atoms with Crippen molar-refractivity contribution in [2.24, 2.45) is 0 Å². The third kappa shape index (κ3) is 5.86. The van der Waals surface area contributed by atoms with Crippen molar-refractivity contribution in [3.05, 3.63) is 12.2 Å². The Hall–Kier alpha value is -1.36. The lowest BCUT2D eigenvalue weighted by Crippen LogP contribution is -2.14. The highest BCUT2D eigenvalue weighted by Crippen LogP contribution is 1.94. The number of rotatable bonds is 4. The second-order valence-corrected chi connectivity index (χ2v) is 2.16. The van der Waals surface area contributed by atoms with Crippen molar-refractivity contribution in [3.8, 4) is 0 Å². The first-order valence-electron chi connectivity index (χ1n) is 3.74. The highest BCUT2D eigenvalue weighted by Gasteiger charge is 2.05. The molecule has 74 valence electrons. The average Bonchev–Trinajstić information content (AvgIpc) is 2.13.